The van der Waals surface area contributed by atoms with Gasteiger partial charge in [0.1, 0.15) is 28.7 Å². The Kier molecular flexibility index (Phi) is 6.83. The second kappa shape index (κ2) is 10.4. The minimum atomic E-state index is -0.921. The van der Waals surface area contributed by atoms with Gasteiger partial charge in [-0.3, -0.25) is 14.9 Å². The van der Waals surface area contributed by atoms with Gasteiger partial charge >= 0.3 is 12.0 Å². The van der Waals surface area contributed by atoms with E-state index in [-0.39, 0.29) is 16.9 Å². The molecule has 1 aliphatic rings. The molecule has 2 heterocycles. The molecule has 1 aromatic heterocycles. The number of amides is 1. The fraction of sp³-hybridized carbons (Fsp3) is 0.179. The van der Waals surface area contributed by atoms with Crippen molar-refractivity contribution >= 4 is 29.5 Å². The molecule has 1 atom stereocenters. The molecule has 37 heavy (non-hydrogen) atoms. The van der Waals surface area contributed by atoms with Crippen molar-refractivity contribution in [1.29, 1.82) is 0 Å². The Hall–Kier alpha value is -4.30. The molecule has 0 radical (unpaired) electrons. The summed E-state index contributed by atoms with van der Waals surface area (Å²) in [5, 5.41) is 12.4. The maximum Gasteiger partial charge on any atom is 0.311 e. The van der Waals surface area contributed by atoms with Crippen molar-refractivity contribution in [3.05, 3.63) is 88.6 Å². The normalized spacial score (nSPS) is 14.4. The van der Waals surface area contributed by atoms with E-state index in [1.807, 2.05) is 37.3 Å². The van der Waals surface area contributed by atoms with E-state index in [4.69, 9.17) is 25.5 Å². The van der Waals surface area contributed by atoms with Gasteiger partial charge in [0.2, 0.25) is 0 Å². The summed E-state index contributed by atoms with van der Waals surface area (Å²) in [6, 6.07) is 19.4. The van der Waals surface area contributed by atoms with Crippen LogP contribution in [-0.2, 0) is 11.2 Å². The topological polar surface area (TPSA) is 111 Å². The zero-order chi connectivity index (χ0) is 25.9. The van der Waals surface area contributed by atoms with Crippen LogP contribution in [0.15, 0.2) is 71.1 Å². The van der Waals surface area contributed by atoms with E-state index in [0.29, 0.717) is 59.3 Å². The SMILES string of the molecule is CCc1oc(NC(=O)c2ccc(Oc3cc4c(cc3Cl)C(C(=O)O)CCO4)cc2)nc1-c1ccccc1. The van der Waals surface area contributed by atoms with Crippen LogP contribution in [0.4, 0.5) is 6.01 Å². The third-order valence-corrected chi connectivity index (χ3v) is 6.33. The monoisotopic (exact) mass is 518 g/mol. The molecule has 1 unspecified atom stereocenters. The number of aromatic nitrogens is 1. The molecule has 3 aromatic carbocycles. The summed E-state index contributed by atoms with van der Waals surface area (Å²) < 4.78 is 17.3. The Morgan fingerprint density at radius 3 is 2.59 bits per heavy atom. The fourth-order valence-corrected chi connectivity index (χ4v) is 4.37. The second-order valence-corrected chi connectivity index (χ2v) is 8.85. The van der Waals surface area contributed by atoms with E-state index in [1.54, 1.807) is 36.4 Å². The lowest BCUT2D eigenvalue weighted by Gasteiger charge is -2.24. The third kappa shape index (κ3) is 5.15. The van der Waals surface area contributed by atoms with Crippen molar-refractivity contribution in [2.45, 2.75) is 25.7 Å². The predicted octanol–water partition coefficient (Wildman–Crippen LogP) is 6.55. The number of rotatable bonds is 7. The van der Waals surface area contributed by atoms with Crippen LogP contribution in [0.1, 0.15) is 40.9 Å². The number of carbonyl (C=O) groups excluding carboxylic acids is 1. The number of hydrogen-bond donors (Lipinski definition) is 2. The van der Waals surface area contributed by atoms with Crippen molar-refractivity contribution in [2.24, 2.45) is 0 Å². The summed E-state index contributed by atoms with van der Waals surface area (Å²) in [7, 11) is 0. The molecule has 1 aliphatic heterocycles. The zero-order valence-electron chi connectivity index (χ0n) is 19.9. The Morgan fingerprint density at radius 1 is 1.14 bits per heavy atom. The van der Waals surface area contributed by atoms with Crippen LogP contribution in [0.25, 0.3) is 11.3 Å². The molecular weight excluding hydrogens is 496 g/mol. The van der Waals surface area contributed by atoms with E-state index in [9.17, 15) is 14.7 Å². The summed E-state index contributed by atoms with van der Waals surface area (Å²) in [6.07, 6.45) is 1.01. The molecule has 1 amide bonds. The van der Waals surface area contributed by atoms with Gasteiger partial charge in [-0.15, -0.1) is 0 Å². The molecule has 0 aliphatic carbocycles. The number of benzene rings is 3. The Morgan fingerprint density at radius 2 is 1.89 bits per heavy atom. The van der Waals surface area contributed by atoms with Crippen molar-refractivity contribution in [2.75, 3.05) is 11.9 Å². The number of hydrogen-bond acceptors (Lipinski definition) is 6. The lowest BCUT2D eigenvalue weighted by atomic mass is 9.93. The number of nitrogens with zero attached hydrogens (tertiary/aromatic N) is 1. The van der Waals surface area contributed by atoms with Crippen LogP contribution < -0.4 is 14.8 Å². The quantitative estimate of drug-likeness (QED) is 0.285. The number of ether oxygens (including phenoxy) is 2. The Labute approximate surface area is 217 Å². The van der Waals surface area contributed by atoms with Crippen LogP contribution in [0.3, 0.4) is 0 Å². The summed E-state index contributed by atoms with van der Waals surface area (Å²) in [4.78, 5) is 28.8. The molecule has 5 rings (SSSR count). The van der Waals surface area contributed by atoms with Crippen LogP contribution in [0, 0.1) is 0 Å². The van der Waals surface area contributed by atoms with Crippen LogP contribution in [0.2, 0.25) is 5.02 Å². The number of aliphatic carboxylic acids is 1. The molecule has 9 heteroatoms. The van der Waals surface area contributed by atoms with Crippen LogP contribution >= 0.6 is 11.6 Å². The number of carboxylic acids is 1. The summed E-state index contributed by atoms with van der Waals surface area (Å²) in [5.74, 6) is -0.0881. The number of halogens is 1. The highest BCUT2D eigenvalue weighted by atomic mass is 35.5. The first-order valence-corrected chi connectivity index (χ1v) is 12.1. The van der Waals surface area contributed by atoms with Gasteiger partial charge < -0.3 is 19.0 Å². The Balaban J connectivity index is 1.29. The Bertz CT molecular complexity index is 1450. The van der Waals surface area contributed by atoms with Gasteiger partial charge in [-0.25, -0.2) is 0 Å². The number of carboxylic acid groups (broad SMARTS) is 1. The molecule has 8 nitrogen and oxygen atoms in total. The number of oxazole rings is 1. The van der Waals surface area contributed by atoms with Gasteiger partial charge in [-0.05, 0) is 36.8 Å². The predicted molar refractivity (Wildman–Crippen MR) is 138 cm³/mol. The third-order valence-electron chi connectivity index (χ3n) is 6.03. The molecular formula is C28H23ClN2O6. The average molecular weight is 519 g/mol. The zero-order valence-corrected chi connectivity index (χ0v) is 20.6. The molecule has 0 bridgehead atoms. The summed E-state index contributed by atoms with van der Waals surface area (Å²) >= 11 is 6.37. The first-order chi connectivity index (χ1) is 17.9. The highest BCUT2D eigenvalue weighted by molar-refractivity contribution is 6.32. The second-order valence-electron chi connectivity index (χ2n) is 8.44. The van der Waals surface area contributed by atoms with Gasteiger partial charge in [0.25, 0.3) is 5.91 Å². The molecule has 188 valence electrons. The van der Waals surface area contributed by atoms with E-state index in [1.165, 1.54) is 0 Å². The van der Waals surface area contributed by atoms with Gasteiger partial charge in [0, 0.05) is 29.2 Å². The van der Waals surface area contributed by atoms with Gasteiger partial charge in [-0.2, -0.15) is 4.98 Å². The number of carbonyl (C=O) groups is 2. The first kappa shape index (κ1) is 24.4. The van der Waals surface area contributed by atoms with Crippen LogP contribution in [-0.4, -0.2) is 28.6 Å². The molecule has 0 spiro atoms. The molecule has 2 N–H and O–H groups in total. The molecule has 0 saturated heterocycles. The number of anilines is 1. The number of nitrogens with one attached hydrogen (secondary N) is 1. The maximum atomic E-state index is 12.8. The van der Waals surface area contributed by atoms with Crippen molar-refractivity contribution in [3.8, 4) is 28.5 Å². The molecule has 4 aromatic rings. The number of aryl methyl sites for hydroxylation is 1. The van der Waals surface area contributed by atoms with E-state index in [0.717, 1.165) is 5.56 Å². The van der Waals surface area contributed by atoms with E-state index >= 15 is 0 Å². The van der Waals surface area contributed by atoms with Gasteiger partial charge in [0.15, 0.2) is 0 Å². The maximum absolute atomic E-state index is 12.8. The van der Waals surface area contributed by atoms with Gasteiger partial charge in [-0.1, -0.05) is 48.9 Å². The average Bonchev–Trinajstić information content (AvgIpc) is 3.32. The first-order valence-electron chi connectivity index (χ1n) is 11.8. The fourth-order valence-electron chi connectivity index (χ4n) is 4.16. The minimum absolute atomic E-state index is 0.126. The van der Waals surface area contributed by atoms with E-state index in [2.05, 4.69) is 10.3 Å². The van der Waals surface area contributed by atoms with Crippen molar-refractivity contribution in [1.82, 2.24) is 4.98 Å². The highest BCUT2D eigenvalue weighted by Gasteiger charge is 2.29. The number of fused-ring (bicyclic) bond motifs is 1. The highest BCUT2D eigenvalue weighted by Crippen LogP contribution is 2.41. The molecule has 0 saturated carbocycles. The lowest BCUT2D eigenvalue weighted by molar-refractivity contribution is -0.139. The van der Waals surface area contributed by atoms with Gasteiger partial charge in [0.05, 0.1) is 17.5 Å². The minimum Gasteiger partial charge on any atom is -0.493 e. The molecule has 0 fully saturated rings. The largest absolute Gasteiger partial charge is 0.493 e. The smallest absolute Gasteiger partial charge is 0.311 e. The summed E-state index contributed by atoms with van der Waals surface area (Å²) in [5.41, 5.74) is 2.52. The van der Waals surface area contributed by atoms with Crippen molar-refractivity contribution < 1.29 is 28.6 Å². The lowest BCUT2D eigenvalue weighted by Crippen LogP contribution is -2.20. The van der Waals surface area contributed by atoms with Crippen LogP contribution in [0.5, 0.6) is 17.2 Å². The standard InChI is InChI=1S/C28H23ClN2O6/c1-2-22-25(16-6-4-3-5-7-16)30-28(37-22)31-26(32)17-8-10-18(11-9-17)36-24-15-23-20(14-21(24)29)19(27(33)34)12-13-35-23/h3-11,14-15,19H,2,12-13H2,1H3,(H,33,34)(H,30,31,32). The van der Waals surface area contributed by atoms with E-state index < -0.39 is 11.9 Å². The summed E-state index contributed by atoms with van der Waals surface area (Å²) in [6.45, 7) is 2.26. The van der Waals surface area contributed by atoms with Crippen molar-refractivity contribution in [3.63, 3.8) is 0 Å².